The number of benzene rings is 1. The van der Waals surface area contributed by atoms with Crippen LogP contribution in [0.5, 0.6) is 0 Å². The average molecular weight is 239 g/mol. The number of imidazole rings is 1. The van der Waals surface area contributed by atoms with Gasteiger partial charge in [-0.2, -0.15) is 0 Å². The van der Waals surface area contributed by atoms with Crippen LogP contribution in [0.4, 0.5) is 0 Å². The Morgan fingerprint density at radius 1 is 1.50 bits per heavy atom. The number of hydrogen-bond acceptors (Lipinski definition) is 2. The van der Waals surface area contributed by atoms with E-state index in [2.05, 4.69) is 4.98 Å². The third kappa shape index (κ3) is 1.65. The number of aromatic carboxylic acids is 1. The van der Waals surface area contributed by atoms with Crippen molar-refractivity contribution in [2.75, 3.05) is 0 Å². The quantitative estimate of drug-likeness (QED) is 0.875. The van der Waals surface area contributed by atoms with Gasteiger partial charge in [0.05, 0.1) is 16.6 Å². The summed E-state index contributed by atoms with van der Waals surface area (Å²) in [6.07, 6.45) is 0. The van der Waals surface area contributed by atoms with Crippen molar-refractivity contribution in [2.45, 2.75) is 19.9 Å². The number of hydrogen-bond donors (Lipinski definition) is 1. The maximum atomic E-state index is 10.8. The molecule has 0 fully saturated rings. The fourth-order valence-electron chi connectivity index (χ4n) is 1.69. The highest BCUT2D eigenvalue weighted by Crippen LogP contribution is 2.24. The highest BCUT2D eigenvalue weighted by Gasteiger charge is 2.13. The normalized spacial score (nSPS) is 11.2. The van der Waals surface area contributed by atoms with Crippen LogP contribution in [0.25, 0.3) is 11.0 Å². The lowest BCUT2D eigenvalue weighted by Crippen LogP contribution is -2.00. The van der Waals surface area contributed by atoms with Crippen LogP contribution in [0.3, 0.4) is 0 Å². The Hall–Kier alpha value is -1.55. The number of carbonyl (C=O) groups is 1. The first-order valence-electron chi connectivity index (χ1n) is 4.91. The summed E-state index contributed by atoms with van der Waals surface area (Å²) in [6.45, 7) is 4.00. The molecule has 0 aliphatic heterocycles. The van der Waals surface area contributed by atoms with Gasteiger partial charge >= 0.3 is 5.97 Å². The van der Waals surface area contributed by atoms with Crippen molar-refractivity contribution >= 4 is 28.6 Å². The Morgan fingerprint density at radius 2 is 2.19 bits per heavy atom. The molecule has 0 saturated heterocycles. The summed E-state index contributed by atoms with van der Waals surface area (Å²) in [5.41, 5.74) is 1.68. The molecule has 1 aromatic carbocycles. The summed E-state index contributed by atoms with van der Waals surface area (Å²) in [7, 11) is 0. The van der Waals surface area contributed by atoms with Crippen LogP contribution in [-0.2, 0) is 0 Å². The largest absolute Gasteiger partial charge is 0.478 e. The van der Waals surface area contributed by atoms with Gasteiger partial charge in [-0.25, -0.2) is 9.78 Å². The number of aromatic nitrogens is 2. The number of fused-ring (bicyclic) bond motifs is 1. The predicted octanol–water partition coefficient (Wildman–Crippen LogP) is 2.97. The molecule has 84 valence electrons. The van der Waals surface area contributed by atoms with E-state index in [1.807, 2.05) is 18.4 Å². The van der Waals surface area contributed by atoms with Crippen LogP contribution in [0, 0.1) is 0 Å². The highest BCUT2D eigenvalue weighted by molar-refractivity contribution is 6.29. The van der Waals surface area contributed by atoms with Crippen molar-refractivity contribution in [1.82, 2.24) is 9.55 Å². The second-order valence-corrected chi connectivity index (χ2v) is 4.19. The summed E-state index contributed by atoms with van der Waals surface area (Å²) in [4.78, 5) is 14.9. The summed E-state index contributed by atoms with van der Waals surface area (Å²) < 4.78 is 1.86. The third-order valence-electron chi connectivity index (χ3n) is 2.41. The van der Waals surface area contributed by atoms with Crippen LogP contribution >= 0.6 is 11.6 Å². The van der Waals surface area contributed by atoms with Gasteiger partial charge in [0.15, 0.2) is 0 Å². The second kappa shape index (κ2) is 3.79. The molecule has 4 nitrogen and oxygen atoms in total. The fourth-order valence-corrected chi connectivity index (χ4v) is 2.07. The zero-order chi connectivity index (χ0) is 11.9. The Labute approximate surface area is 97.5 Å². The lowest BCUT2D eigenvalue weighted by Gasteiger charge is -2.09. The molecule has 0 saturated carbocycles. The molecule has 1 aromatic heterocycles. The van der Waals surface area contributed by atoms with Gasteiger partial charge in [-0.05, 0) is 43.6 Å². The van der Waals surface area contributed by atoms with Crippen LogP contribution in [0.15, 0.2) is 18.2 Å². The van der Waals surface area contributed by atoms with Crippen molar-refractivity contribution in [1.29, 1.82) is 0 Å². The molecule has 0 spiro atoms. The molecule has 0 aliphatic carbocycles. The van der Waals surface area contributed by atoms with E-state index in [0.717, 1.165) is 5.52 Å². The number of carboxylic acids is 1. The summed E-state index contributed by atoms with van der Waals surface area (Å²) in [5.74, 6) is -0.961. The highest BCUT2D eigenvalue weighted by atomic mass is 35.5. The first-order valence-corrected chi connectivity index (χ1v) is 5.29. The van der Waals surface area contributed by atoms with E-state index < -0.39 is 5.97 Å². The molecule has 0 aliphatic rings. The summed E-state index contributed by atoms with van der Waals surface area (Å²) in [5, 5.41) is 9.24. The van der Waals surface area contributed by atoms with Gasteiger partial charge in [-0.3, -0.25) is 0 Å². The molecule has 5 heteroatoms. The molecular weight excluding hydrogens is 228 g/mol. The van der Waals surface area contributed by atoms with Crippen molar-refractivity contribution < 1.29 is 9.90 Å². The second-order valence-electron chi connectivity index (χ2n) is 3.85. The Kier molecular flexibility index (Phi) is 2.59. The minimum Gasteiger partial charge on any atom is -0.478 e. The predicted molar refractivity (Wildman–Crippen MR) is 62.1 cm³/mol. The zero-order valence-electron chi connectivity index (χ0n) is 8.94. The van der Waals surface area contributed by atoms with E-state index in [4.69, 9.17) is 16.7 Å². The Morgan fingerprint density at radius 3 is 2.75 bits per heavy atom. The number of rotatable bonds is 2. The molecule has 0 radical (unpaired) electrons. The smallest absolute Gasteiger partial charge is 0.335 e. The van der Waals surface area contributed by atoms with Gasteiger partial charge in [-0.1, -0.05) is 0 Å². The lowest BCUT2D eigenvalue weighted by atomic mass is 10.2. The minimum atomic E-state index is -0.961. The standard InChI is InChI=1S/C11H11ClN2O2/c1-6(2)14-9-4-3-7(10(15)16)5-8(9)13-11(14)12/h3-6H,1-2H3,(H,15,16). The number of halogens is 1. The first-order chi connectivity index (χ1) is 7.50. The van der Waals surface area contributed by atoms with Crippen LogP contribution in [0.2, 0.25) is 5.28 Å². The number of nitrogens with zero attached hydrogens (tertiary/aromatic N) is 2. The van der Waals surface area contributed by atoms with Crippen molar-refractivity contribution in [2.24, 2.45) is 0 Å². The molecule has 1 N–H and O–H groups in total. The van der Waals surface area contributed by atoms with Crippen LogP contribution in [-0.4, -0.2) is 20.6 Å². The number of carboxylic acid groups (broad SMARTS) is 1. The minimum absolute atomic E-state index is 0.188. The van der Waals surface area contributed by atoms with Crippen molar-refractivity contribution in [3.05, 3.63) is 29.0 Å². The van der Waals surface area contributed by atoms with Crippen molar-refractivity contribution in [3.63, 3.8) is 0 Å². The van der Waals surface area contributed by atoms with E-state index in [9.17, 15) is 4.79 Å². The van der Waals surface area contributed by atoms with Crippen LogP contribution in [0.1, 0.15) is 30.2 Å². The first kappa shape index (κ1) is 11.0. The molecule has 0 unspecified atom stereocenters. The summed E-state index contributed by atoms with van der Waals surface area (Å²) >= 11 is 6.00. The van der Waals surface area contributed by atoms with Crippen LogP contribution < -0.4 is 0 Å². The molecule has 0 atom stereocenters. The van der Waals surface area contributed by atoms with Gasteiger partial charge in [0.1, 0.15) is 0 Å². The van der Waals surface area contributed by atoms with Gasteiger partial charge in [0.25, 0.3) is 0 Å². The zero-order valence-corrected chi connectivity index (χ0v) is 9.69. The molecule has 1 heterocycles. The molecule has 16 heavy (non-hydrogen) atoms. The molecular formula is C11H11ClN2O2. The fraction of sp³-hybridized carbons (Fsp3) is 0.273. The lowest BCUT2D eigenvalue weighted by molar-refractivity contribution is 0.0697. The van der Waals surface area contributed by atoms with E-state index in [0.29, 0.717) is 10.8 Å². The monoisotopic (exact) mass is 238 g/mol. The van der Waals surface area contributed by atoms with E-state index >= 15 is 0 Å². The van der Waals surface area contributed by atoms with E-state index in [1.54, 1.807) is 12.1 Å². The third-order valence-corrected chi connectivity index (χ3v) is 2.68. The maximum Gasteiger partial charge on any atom is 0.335 e. The maximum absolute atomic E-state index is 10.8. The molecule has 0 bridgehead atoms. The van der Waals surface area contributed by atoms with E-state index in [-0.39, 0.29) is 11.6 Å². The molecule has 0 amide bonds. The Balaban J connectivity index is 2.70. The average Bonchev–Trinajstić information content (AvgIpc) is 2.51. The molecule has 2 rings (SSSR count). The van der Waals surface area contributed by atoms with Gasteiger partial charge in [0.2, 0.25) is 5.28 Å². The Bertz CT molecular complexity index is 560. The summed E-state index contributed by atoms with van der Waals surface area (Å²) in [6, 6.07) is 5.01. The van der Waals surface area contributed by atoms with Crippen molar-refractivity contribution in [3.8, 4) is 0 Å². The molecule has 2 aromatic rings. The van der Waals surface area contributed by atoms with E-state index in [1.165, 1.54) is 6.07 Å². The van der Waals surface area contributed by atoms with Gasteiger partial charge < -0.3 is 9.67 Å². The topological polar surface area (TPSA) is 55.1 Å². The van der Waals surface area contributed by atoms with Gasteiger partial charge in [-0.15, -0.1) is 0 Å². The van der Waals surface area contributed by atoms with Gasteiger partial charge in [0, 0.05) is 6.04 Å². The SMILES string of the molecule is CC(C)n1c(Cl)nc2cc(C(=O)O)ccc21.